The maximum absolute atomic E-state index is 13.6. The van der Waals surface area contributed by atoms with Gasteiger partial charge >= 0.3 is 0 Å². The van der Waals surface area contributed by atoms with E-state index >= 15 is 0 Å². The Balaban J connectivity index is 1.98. The Labute approximate surface area is 140 Å². The summed E-state index contributed by atoms with van der Waals surface area (Å²) in [6.45, 7) is 1.68. The zero-order valence-electron chi connectivity index (χ0n) is 12.5. The Morgan fingerprint density at radius 2 is 2.04 bits per heavy atom. The monoisotopic (exact) mass is 346 g/mol. The molecule has 0 aliphatic rings. The van der Waals surface area contributed by atoms with Crippen LogP contribution in [-0.2, 0) is 0 Å². The summed E-state index contributed by atoms with van der Waals surface area (Å²) in [7, 11) is 0. The third-order valence-electron chi connectivity index (χ3n) is 3.43. The van der Waals surface area contributed by atoms with Crippen LogP contribution in [0.4, 0.5) is 8.78 Å². The fraction of sp³-hybridized carbons (Fsp3) is 0.125. The van der Waals surface area contributed by atoms with Gasteiger partial charge in [0.2, 0.25) is 0 Å². The summed E-state index contributed by atoms with van der Waals surface area (Å²) in [4.78, 5) is 16.9. The fourth-order valence-corrected chi connectivity index (χ4v) is 2.79. The van der Waals surface area contributed by atoms with Crippen molar-refractivity contribution in [3.8, 4) is 0 Å². The second-order valence-corrected chi connectivity index (χ2v) is 5.81. The molecule has 0 saturated carbocycles. The van der Waals surface area contributed by atoms with Gasteiger partial charge in [0.1, 0.15) is 4.88 Å². The molecule has 0 aliphatic carbocycles. The first-order chi connectivity index (χ1) is 11.6. The zero-order valence-corrected chi connectivity index (χ0v) is 13.3. The number of nitrogens with one attached hydrogen (secondary N) is 1. The van der Waals surface area contributed by atoms with Crippen molar-refractivity contribution in [3.63, 3.8) is 0 Å². The highest BCUT2D eigenvalue weighted by Gasteiger charge is 2.22. The van der Waals surface area contributed by atoms with E-state index in [9.17, 15) is 13.6 Å². The number of aromatic nitrogens is 3. The lowest BCUT2D eigenvalue weighted by Crippen LogP contribution is -2.29. The number of rotatable bonds is 4. The first-order valence-electron chi connectivity index (χ1n) is 7.01. The van der Waals surface area contributed by atoms with Gasteiger partial charge in [-0.2, -0.15) is 0 Å². The van der Waals surface area contributed by atoms with Crippen molar-refractivity contribution in [1.29, 1.82) is 0 Å². The van der Waals surface area contributed by atoms with Gasteiger partial charge in [0.25, 0.3) is 5.91 Å². The lowest BCUT2D eigenvalue weighted by atomic mass is 9.99. The summed E-state index contributed by atoms with van der Waals surface area (Å²) in [5.74, 6) is -2.31. The third kappa shape index (κ3) is 3.28. The molecule has 1 amide bonds. The van der Waals surface area contributed by atoms with E-state index < -0.39 is 17.7 Å². The number of benzene rings is 1. The lowest BCUT2D eigenvalue weighted by Gasteiger charge is -2.19. The summed E-state index contributed by atoms with van der Waals surface area (Å²) in [5, 5.41) is 6.60. The van der Waals surface area contributed by atoms with Crippen molar-refractivity contribution in [2.75, 3.05) is 0 Å². The first-order valence-corrected chi connectivity index (χ1v) is 7.78. The summed E-state index contributed by atoms with van der Waals surface area (Å²) < 4.78 is 30.6. The van der Waals surface area contributed by atoms with Gasteiger partial charge in [-0.25, -0.2) is 8.78 Å². The van der Waals surface area contributed by atoms with Crippen LogP contribution in [0.1, 0.15) is 32.5 Å². The molecule has 2 aromatic heterocycles. The first kappa shape index (κ1) is 16.1. The van der Waals surface area contributed by atoms with Crippen LogP contribution in [0.2, 0.25) is 0 Å². The van der Waals surface area contributed by atoms with Crippen molar-refractivity contribution in [2.45, 2.75) is 13.0 Å². The number of aryl methyl sites for hydroxylation is 1. The number of hydrogen-bond donors (Lipinski definition) is 1. The number of carbonyl (C=O) groups is 1. The predicted octanol–water partition coefficient (Wildman–Crippen LogP) is 3.04. The minimum absolute atomic E-state index is 0.367. The van der Waals surface area contributed by atoms with E-state index in [0.29, 0.717) is 21.7 Å². The molecule has 1 N–H and O–H groups in total. The molecule has 8 heteroatoms. The molecule has 5 nitrogen and oxygen atoms in total. The molecule has 0 radical (unpaired) electrons. The number of hydrogen-bond acceptors (Lipinski definition) is 5. The van der Waals surface area contributed by atoms with E-state index in [-0.39, 0.29) is 5.91 Å². The number of nitrogens with zero attached hydrogens (tertiary/aromatic N) is 3. The highest BCUT2D eigenvalue weighted by Crippen LogP contribution is 2.24. The number of carbonyl (C=O) groups excluding carboxylic acids is 1. The van der Waals surface area contributed by atoms with Crippen LogP contribution in [0.25, 0.3) is 0 Å². The van der Waals surface area contributed by atoms with Crippen LogP contribution < -0.4 is 5.32 Å². The van der Waals surface area contributed by atoms with E-state index in [1.807, 2.05) is 0 Å². The van der Waals surface area contributed by atoms with Gasteiger partial charge in [-0.1, -0.05) is 16.6 Å². The molecule has 0 aliphatic heterocycles. The van der Waals surface area contributed by atoms with E-state index in [1.54, 1.807) is 31.5 Å². The Bertz CT molecular complexity index is 870. The maximum Gasteiger partial charge on any atom is 0.265 e. The smallest absolute Gasteiger partial charge is 0.265 e. The molecule has 1 atom stereocenters. The van der Waals surface area contributed by atoms with Crippen LogP contribution in [-0.4, -0.2) is 20.5 Å². The van der Waals surface area contributed by atoms with Crippen molar-refractivity contribution in [3.05, 3.63) is 76.1 Å². The van der Waals surface area contributed by atoms with Crippen LogP contribution in [0.15, 0.2) is 42.7 Å². The summed E-state index contributed by atoms with van der Waals surface area (Å²) in [6, 6.07) is 6.28. The molecule has 0 unspecified atom stereocenters. The topological polar surface area (TPSA) is 67.8 Å². The molecule has 24 heavy (non-hydrogen) atoms. The largest absolute Gasteiger partial charge is 0.340 e. The molecule has 3 aromatic rings. The molecule has 0 spiro atoms. The second-order valence-electron chi connectivity index (χ2n) is 5.05. The highest BCUT2D eigenvalue weighted by molar-refractivity contribution is 7.08. The van der Waals surface area contributed by atoms with Gasteiger partial charge in [-0.3, -0.25) is 9.78 Å². The molecule has 1 aromatic carbocycles. The predicted molar refractivity (Wildman–Crippen MR) is 84.6 cm³/mol. The Morgan fingerprint density at radius 3 is 2.67 bits per heavy atom. The highest BCUT2D eigenvalue weighted by atomic mass is 32.1. The van der Waals surface area contributed by atoms with Gasteiger partial charge < -0.3 is 5.32 Å². The van der Waals surface area contributed by atoms with E-state index in [2.05, 4.69) is 19.9 Å². The molecule has 3 rings (SSSR count). The standard InChI is InChI=1S/C16H12F2N4OS/c1-9-15(24-22-21-9)16(23)20-14(11-3-2-6-19-8-11)10-4-5-12(17)13(18)7-10/h2-8,14H,1H3,(H,20,23)/t14-/m0/s1. The van der Waals surface area contributed by atoms with Crippen molar-refractivity contribution < 1.29 is 13.6 Å². The van der Waals surface area contributed by atoms with E-state index in [1.165, 1.54) is 6.07 Å². The Morgan fingerprint density at radius 1 is 1.21 bits per heavy atom. The molecular formula is C16H12F2N4OS. The lowest BCUT2D eigenvalue weighted by molar-refractivity contribution is 0.0946. The maximum atomic E-state index is 13.6. The van der Waals surface area contributed by atoms with Gasteiger partial charge in [0, 0.05) is 12.4 Å². The number of halogens is 2. The van der Waals surface area contributed by atoms with E-state index in [4.69, 9.17) is 0 Å². The molecule has 0 saturated heterocycles. The summed E-state index contributed by atoms with van der Waals surface area (Å²) in [6.07, 6.45) is 3.15. The van der Waals surface area contributed by atoms with Gasteiger partial charge in [0.15, 0.2) is 11.6 Å². The van der Waals surface area contributed by atoms with Gasteiger partial charge in [-0.05, 0) is 47.8 Å². The van der Waals surface area contributed by atoms with Crippen LogP contribution >= 0.6 is 11.5 Å². The number of pyridine rings is 1. The third-order valence-corrected chi connectivity index (χ3v) is 4.25. The van der Waals surface area contributed by atoms with Crippen molar-refractivity contribution >= 4 is 17.4 Å². The van der Waals surface area contributed by atoms with Crippen LogP contribution in [0, 0.1) is 18.6 Å². The molecule has 0 bridgehead atoms. The van der Waals surface area contributed by atoms with Crippen molar-refractivity contribution in [1.82, 2.24) is 19.9 Å². The normalized spacial score (nSPS) is 12.0. The minimum Gasteiger partial charge on any atom is -0.340 e. The average molecular weight is 346 g/mol. The molecule has 122 valence electrons. The summed E-state index contributed by atoms with van der Waals surface area (Å²) >= 11 is 0.973. The fourth-order valence-electron chi connectivity index (χ4n) is 2.23. The van der Waals surface area contributed by atoms with Crippen LogP contribution in [0.3, 0.4) is 0 Å². The SMILES string of the molecule is Cc1nnsc1C(=O)N[C@H](c1cccnc1)c1ccc(F)c(F)c1. The average Bonchev–Trinajstić information content (AvgIpc) is 3.02. The van der Waals surface area contributed by atoms with E-state index in [0.717, 1.165) is 23.7 Å². The quantitative estimate of drug-likeness (QED) is 0.788. The molecular weight excluding hydrogens is 334 g/mol. The summed E-state index contributed by atoms with van der Waals surface area (Å²) in [5.41, 5.74) is 1.56. The molecule has 0 fully saturated rings. The van der Waals surface area contributed by atoms with Crippen molar-refractivity contribution in [2.24, 2.45) is 0 Å². The van der Waals surface area contributed by atoms with Gasteiger partial charge in [-0.15, -0.1) is 5.10 Å². The van der Waals surface area contributed by atoms with Crippen LogP contribution in [0.5, 0.6) is 0 Å². The van der Waals surface area contributed by atoms with Gasteiger partial charge in [0.05, 0.1) is 11.7 Å². The Kier molecular flexibility index (Phi) is 4.57. The zero-order chi connectivity index (χ0) is 17.1. The Hall–Kier alpha value is -2.74. The molecule has 2 heterocycles. The number of amides is 1. The second kappa shape index (κ2) is 6.79. The minimum atomic E-state index is -0.980.